The molecule has 0 aromatic carbocycles. The lowest BCUT2D eigenvalue weighted by molar-refractivity contribution is -0.115. The third-order valence-electron chi connectivity index (χ3n) is 1.20. The van der Waals surface area contributed by atoms with Crippen LogP contribution in [0.1, 0.15) is 4.88 Å². The molecule has 11 heavy (non-hydrogen) atoms. The van der Waals surface area contributed by atoms with Gasteiger partial charge in [0.05, 0.1) is 16.1 Å². The summed E-state index contributed by atoms with van der Waals surface area (Å²) in [5, 5.41) is 0.817. The van der Waals surface area contributed by atoms with Crippen molar-refractivity contribution in [1.82, 2.24) is 4.98 Å². The highest BCUT2D eigenvalue weighted by Crippen LogP contribution is 2.21. The van der Waals surface area contributed by atoms with E-state index < -0.39 is 0 Å². The first-order chi connectivity index (χ1) is 5.36. The summed E-state index contributed by atoms with van der Waals surface area (Å²) < 4.78 is 0. The molecule has 0 bridgehead atoms. The number of rotatable bonds is 1. The SMILES string of the molecule is O=C1CSC(c2cncs2)=N1. The molecule has 2 rings (SSSR count). The molecule has 0 aliphatic carbocycles. The van der Waals surface area contributed by atoms with Crippen molar-refractivity contribution in [3.8, 4) is 0 Å². The molecule has 1 amide bonds. The summed E-state index contributed by atoms with van der Waals surface area (Å²) in [7, 11) is 0. The number of nitrogens with zero attached hydrogens (tertiary/aromatic N) is 2. The van der Waals surface area contributed by atoms with Crippen molar-refractivity contribution in [3.63, 3.8) is 0 Å². The van der Waals surface area contributed by atoms with Gasteiger partial charge >= 0.3 is 0 Å². The lowest BCUT2D eigenvalue weighted by Crippen LogP contribution is -1.86. The number of thiazole rings is 1. The van der Waals surface area contributed by atoms with Crippen molar-refractivity contribution in [3.05, 3.63) is 16.6 Å². The molecular weight excluding hydrogens is 180 g/mol. The van der Waals surface area contributed by atoms with E-state index in [4.69, 9.17) is 0 Å². The average Bonchev–Trinajstić information content (AvgIpc) is 2.55. The van der Waals surface area contributed by atoms with E-state index in [2.05, 4.69) is 9.98 Å². The van der Waals surface area contributed by atoms with Crippen molar-refractivity contribution in [2.75, 3.05) is 5.75 Å². The number of hydrogen-bond acceptors (Lipinski definition) is 4. The quantitative estimate of drug-likeness (QED) is 0.657. The molecule has 3 nitrogen and oxygen atoms in total. The van der Waals surface area contributed by atoms with Crippen LogP contribution in [0.15, 0.2) is 16.7 Å². The average molecular weight is 184 g/mol. The van der Waals surface area contributed by atoms with Crippen molar-refractivity contribution in [1.29, 1.82) is 0 Å². The second kappa shape index (κ2) is 2.75. The molecule has 0 saturated carbocycles. The Morgan fingerprint density at radius 1 is 1.55 bits per heavy atom. The molecule has 0 saturated heterocycles. The van der Waals surface area contributed by atoms with Gasteiger partial charge in [0.15, 0.2) is 0 Å². The van der Waals surface area contributed by atoms with Gasteiger partial charge in [-0.3, -0.25) is 9.78 Å². The third-order valence-corrected chi connectivity index (χ3v) is 3.09. The number of aliphatic imine (C=N–C) groups is 1. The molecule has 0 unspecified atom stereocenters. The highest BCUT2D eigenvalue weighted by Gasteiger charge is 2.16. The lowest BCUT2D eigenvalue weighted by Gasteiger charge is -1.87. The van der Waals surface area contributed by atoms with Crippen molar-refractivity contribution in [2.45, 2.75) is 0 Å². The van der Waals surface area contributed by atoms with E-state index in [1.165, 1.54) is 23.1 Å². The smallest absolute Gasteiger partial charge is 0.257 e. The van der Waals surface area contributed by atoms with Crippen molar-refractivity contribution in [2.24, 2.45) is 4.99 Å². The molecule has 0 atom stereocenters. The van der Waals surface area contributed by atoms with Gasteiger partial charge in [-0.2, -0.15) is 0 Å². The summed E-state index contributed by atoms with van der Waals surface area (Å²) in [4.78, 5) is 19.5. The highest BCUT2D eigenvalue weighted by atomic mass is 32.2. The minimum absolute atomic E-state index is 0.0431. The predicted octanol–water partition coefficient (Wildman–Crippen LogP) is 1.16. The molecule has 5 heteroatoms. The predicted molar refractivity (Wildman–Crippen MR) is 46.1 cm³/mol. The fourth-order valence-corrected chi connectivity index (χ4v) is 2.27. The number of amides is 1. The molecule has 0 fully saturated rings. The van der Waals surface area contributed by atoms with Gasteiger partial charge in [0, 0.05) is 6.20 Å². The zero-order chi connectivity index (χ0) is 7.68. The van der Waals surface area contributed by atoms with Crippen LogP contribution in [0, 0.1) is 0 Å². The Kier molecular flexibility index (Phi) is 1.75. The Bertz CT molecular complexity index is 304. The second-order valence-electron chi connectivity index (χ2n) is 1.97. The maximum absolute atomic E-state index is 10.7. The second-order valence-corrected chi connectivity index (χ2v) is 3.82. The summed E-state index contributed by atoms with van der Waals surface area (Å²) in [6, 6.07) is 0. The maximum atomic E-state index is 10.7. The molecule has 0 N–H and O–H groups in total. The Morgan fingerprint density at radius 2 is 2.45 bits per heavy atom. The first-order valence-corrected chi connectivity index (χ1v) is 4.86. The van der Waals surface area contributed by atoms with E-state index in [9.17, 15) is 4.79 Å². The van der Waals surface area contributed by atoms with Gasteiger partial charge in [-0.05, 0) is 0 Å². The molecule has 1 aromatic heterocycles. The third kappa shape index (κ3) is 1.34. The standard InChI is InChI=1S/C6H4N2OS2/c9-5-2-10-6(8-5)4-1-7-3-11-4/h1,3H,2H2. The van der Waals surface area contributed by atoms with Crippen LogP contribution in [0.25, 0.3) is 0 Å². The Balaban J connectivity index is 2.31. The van der Waals surface area contributed by atoms with Crippen LogP contribution in [-0.4, -0.2) is 21.7 Å². The van der Waals surface area contributed by atoms with E-state index in [1.807, 2.05) is 0 Å². The molecule has 0 spiro atoms. The van der Waals surface area contributed by atoms with Crippen LogP contribution in [0.2, 0.25) is 0 Å². The number of hydrogen-bond donors (Lipinski definition) is 0. The monoisotopic (exact) mass is 184 g/mol. The first-order valence-electron chi connectivity index (χ1n) is 2.99. The van der Waals surface area contributed by atoms with E-state index in [0.717, 1.165) is 9.92 Å². The van der Waals surface area contributed by atoms with E-state index >= 15 is 0 Å². The molecule has 1 aliphatic heterocycles. The Morgan fingerprint density at radius 3 is 3.00 bits per heavy atom. The van der Waals surface area contributed by atoms with Crippen molar-refractivity contribution >= 4 is 34.0 Å². The fraction of sp³-hybridized carbons (Fsp3) is 0.167. The molecule has 56 valence electrons. The minimum atomic E-state index is -0.0431. The molecule has 1 aliphatic rings. The number of thioether (sulfide) groups is 1. The van der Waals surface area contributed by atoms with Gasteiger partial charge in [-0.25, -0.2) is 4.99 Å². The largest absolute Gasteiger partial charge is 0.272 e. The summed E-state index contributed by atoms with van der Waals surface area (Å²) in [6.07, 6.45) is 1.73. The number of carbonyl (C=O) groups is 1. The van der Waals surface area contributed by atoms with Gasteiger partial charge in [0.2, 0.25) is 0 Å². The maximum Gasteiger partial charge on any atom is 0.257 e. The molecular formula is C6H4N2OS2. The molecule has 0 radical (unpaired) electrons. The van der Waals surface area contributed by atoms with Gasteiger partial charge < -0.3 is 0 Å². The molecule has 2 heterocycles. The van der Waals surface area contributed by atoms with Crippen LogP contribution in [0.4, 0.5) is 0 Å². The zero-order valence-electron chi connectivity index (χ0n) is 5.48. The first kappa shape index (κ1) is 7.00. The zero-order valence-corrected chi connectivity index (χ0v) is 7.11. The van der Waals surface area contributed by atoms with E-state index in [-0.39, 0.29) is 5.91 Å². The van der Waals surface area contributed by atoms with Crippen molar-refractivity contribution < 1.29 is 4.79 Å². The van der Waals surface area contributed by atoms with E-state index in [0.29, 0.717) is 5.75 Å². The van der Waals surface area contributed by atoms with Crippen LogP contribution < -0.4 is 0 Å². The van der Waals surface area contributed by atoms with Crippen LogP contribution in [0.5, 0.6) is 0 Å². The number of aromatic nitrogens is 1. The van der Waals surface area contributed by atoms with Gasteiger partial charge in [0.1, 0.15) is 5.04 Å². The normalized spacial score (nSPS) is 17.1. The minimum Gasteiger partial charge on any atom is -0.272 e. The Hall–Kier alpha value is -0.680. The van der Waals surface area contributed by atoms with Gasteiger partial charge in [-0.15, -0.1) is 11.3 Å². The summed E-state index contributed by atoms with van der Waals surface area (Å²) in [6.45, 7) is 0. The van der Waals surface area contributed by atoms with Gasteiger partial charge in [0.25, 0.3) is 5.91 Å². The highest BCUT2D eigenvalue weighted by molar-refractivity contribution is 8.15. The van der Waals surface area contributed by atoms with Crippen LogP contribution >= 0.6 is 23.1 Å². The van der Waals surface area contributed by atoms with Gasteiger partial charge in [-0.1, -0.05) is 11.8 Å². The lowest BCUT2D eigenvalue weighted by atomic mass is 10.6. The summed E-state index contributed by atoms with van der Waals surface area (Å²) in [5.41, 5.74) is 1.74. The summed E-state index contributed by atoms with van der Waals surface area (Å²) >= 11 is 2.99. The topological polar surface area (TPSA) is 42.3 Å². The fourth-order valence-electron chi connectivity index (χ4n) is 0.756. The van der Waals surface area contributed by atoms with E-state index in [1.54, 1.807) is 11.7 Å². The summed E-state index contributed by atoms with van der Waals surface area (Å²) in [5.74, 6) is 0.436. The molecule has 1 aromatic rings. The Labute approximate surface area is 71.6 Å². The van der Waals surface area contributed by atoms with Crippen LogP contribution in [0.3, 0.4) is 0 Å². The number of carbonyl (C=O) groups excluding carboxylic acids is 1. The van der Waals surface area contributed by atoms with Crippen LogP contribution in [-0.2, 0) is 4.79 Å².